The first-order chi connectivity index (χ1) is 6.92. The van der Waals surface area contributed by atoms with E-state index >= 15 is 0 Å². The minimum atomic E-state index is 0.811. The molecule has 0 fully saturated rings. The van der Waals surface area contributed by atoms with Gasteiger partial charge in [0, 0.05) is 29.5 Å². The summed E-state index contributed by atoms with van der Waals surface area (Å²) in [6, 6.07) is 7.93. The van der Waals surface area contributed by atoms with Crippen molar-refractivity contribution in [3.63, 3.8) is 0 Å². The molecule has 0 spiro atoms. The first-order valence-corrected chi connectivity index (χ1v) is 5.44. The summed E-state index contributed by atoms with van der Waals surface area (Å²) in [5.41, 5.74) is 3.24. The van der Waals surface area contributed by atoms with E-state index in [1.54, 1.807) is 12.4 Å². The average Bonchev–Trinajstić information content (AvgIpc) is 2.30. The van der Waals surface area contributed by atoms with Gasteiger partial charge in [-0.3, -0.25) is 9.97 Å². The molecule has 0 saturated carbocycles. The van der Waals surface area contributed by atoms with Gasteiger partial charge in [0.25, 0.3) is 0 Å². The second-order valence-electron chi connectivity index (χ2n) is 2.89. The van der Waals surface area contributed by atoms with E-state index in [4.69, 9.17) is 0 Å². The molecular weight excluding hydrogens is 240 g/mol. The Morgan fingerprint density at radius 1 is 1.14 bits per heavy atom. The van der Waals surface area contributed by atoms with Gasteiger partial charge in [0.2, 0.25) is 0 Å². The van der Waals surface area contributed by atoms with Crippen LogP contribution in [0.5, 0.6) is 0 Å². The minimum Gasteiger partial charge on any atom is -0.264 e. The zero-order chi connectivity index (χ0) is 9.80. The smallest absolute Gasteiger partial charge is 0.0757 e. The largest absolute Gasteiger partial charge is 0.264 e. The van der Waals surface area contributed by atoms with E-state index in [-0.39, 0.29) is 0 Å². The highest BCUT2D eigenvalue weighted by Gasteiger charge is 2.03. The zero-order valence-corrected chi connectivity index (χ0v) is 9.11. The molecule has 0 aliphatic rings. The zero-order valence-electron chi connectivity index (χ0n) is 7.52. The maximum Gasteiger partial charge on any atom is 0.0757 e. The molecule has 0 aromatic carbocycles. The van der Waals surface area contributed by atoms with Crippen molar-refractivity contribution in [3.05, 3.63) is 48.4 Å². The van der Waals surface area contributed by atoms with Crippen LogP contribution in [0.4, 0.5) is 0 Å². The van der Waals surface area contributed by atoms with Crippen LogP contribution < -0.4 is 0 Å². The van der Waals surface area contributed by atoms with E-state index in [0.29, 0.717) is 0 Å². The monoisotopic (exact) mass is 248 g/mol. The molecule has 0 aliphatic carbocycles. The van der Waals surface area contributed by atoms with Gasteiger partial charge in [-0.1, -0.05) is 22.0 Å². The van der Waals surface area contributed by atoms with Crippen LogP contribution in [0.3, 0.4) is 0 Å². The standard InChI is InChI=1S/C11H9BrN2/c12-7-9-3-2-6-14-11(9)10-4-1-5-13-8-10/h1-6,8H,7H2. The summed E-state index contributed by atoms with van der Waals surface area (Å²) in [5.74, 6) is 0. The van der Waals surface area contributed by atoms with Crippen LogP contribution in [-0.2, 0) is 5.33 Å². The predicted molar refractivity (Wildman–Crippen MR) is 60.1 cm³/mol. The third-order valence-corrected chi connectivity index (χ3v) is 2.57. The van der Waals surface area contributed by atoms with Crippen molar-refractivity contribution in [2.45, 2.75) is 5.33 Å². The van der Waals surface area contributed by atoms with Crippen molar-refractivity contribution >= 4 is 15.9 Å². The van der Waals surface area contributed by atoms with Gasteiger partial charge in [0.15, 0.2) is 0 Å². The fraction of sp³-hybridized carbons (Fsp3) is 0.0909. The van der Waals surface area contributed by atoms with Gasteiger partial charge in [-0.2, -0.15) is 0 Å². The Hall–Kier alpha value is -1.22. The summed E-state index contributed by atoms with van der Waals surface area (Å²) in [4.78, 5) is 8.43. The number of rotatable bonds is 2. The van der Waals surface area contributed by atoms with Gasteiger partial charge in [-0.05, 0) is 23.8 Å². The van der Waals surface area contributed by atoms with E-state index in [2.05, 4.69) is 32.0 Å². The van der Waals surface area contributed by atoms with Crippen LogP contribution in [-0.4, -0.2) is 9.97 Å². The molecule has 0 amide bonds. The number of aromatic nitrogens is 2. The molecular formula is C11H9BrN2. The van der Waals surface area contributed by atoms with Gasteiger partial charge in [-0.15, -0.1) is 0 Å². The van der Waals surface area contributed by atoms with Crippen LogP contribution in [0, 0.1) is 0 Å². The Kier molecular flexibility index (Phi) is 2.89. The molecule has 2 aromatic heterocycles. The van der Waals surface area contributed by atoms with Gasteiger partial charge in [0.05, 0.1) is 5.69 Å². The van der Waals surface area contributed by atoms with Crippen molar-refractivity contribution in [1.82, 2.24) is 9.97 Å². The van der Waals surface area contributed by atoms with Crippen LogP contribution in [0.15, 0.2) is 42.9 Å². The Bertz CT molecular complexity index is 415. The normalized spacial score (nSPS) is 10.1. The summed E-state index contributed by atoms with van der Waals surface area (Å²) >= 11 is 3.45. The lowest BCUT2D eigenvalue weighted by molar-refractivity contribution is 1.24. The fourth-order valence-electron chi connectivity index (χ4n) is 1.31. The van der Waals surface area contributed by atoms with Crippen molar-refractivity contribution in [3.8, 4) is 11.3 Å². The van der Waals surface area contributed by atoms with E-state index in [1.807, 2.05) is 24.4 Å². The molecule has 0 unspecified atom stereocenters. The molecule has 14 heavy (non-hydrogen) atoms. The average molecular weight is 249 g/mol. The van der Waals surface area contributed by atoms with Crippen LogP contribution >= 0.6 is 15.9 Å². The Labute approximate surface area is 91.2 Å². The van der Waals surface area contributed by atoms with E-state index in [1.165, 1.54) is 5.56 Å². The Morgan fingerprint density at radius 3 is 2.71 bits per heavy atom. The first-order valence-electron chi connectivity index (χ1n) is 4.32. The highest BCUT2D eigenvalue weighted by Crippen LogP contribution is 2.21. The summed E-state index contributed by atoms with van der Waals surface area (Å²) < 4.78 is 0. The number of hydrogen-bond acceptors (Lipinski definition) is 2. The first kappa shape index (κ1) is 9.34. The minimum absolute atomic E-state index is 0.811. The number of halogens is 1. The van der Waals surface area contributed by atoms with Gasteiger partial charge in [-0.25, -0.2) is 0 Å². The summed E-state index contributed by atoms with van der Waals surface area (Å²) in [6.45, 7) is 0. The van der Waals surface area contributed by atoms with E-state index in [9.17, 15) is 0 Å². The van der Waals surface area contributed by atoms with Gasteiger partial charge in [0.1, 0.15) is 0 Å². The maximum absolute atomic E-state index is 4.35. The lowest BCUT2D eigenvalue weighted by Gasteiger charge is -2.04. The summed E-state index contributed by atoms with van der Waals surface area (Å²) in [7, 11) is 0. The van der Waals surface area contributed by atoms with Crippen LogP contribution in [0.25, 0.3) is 11.3 Å². The number of hydrogen-bond donors (Lipinski definition) is 0. The molecule has 2 heterocycles. The molecule has 0 N–H and O–H groups in total. The number of alkyl halides is 1. The Balaban J connectivity index is 2.51. The quantitative estimate of drug-likeness (QED) is 0.764. The third-order valence-electron chi connectivity index (χ3n) is 1.97. The second-order valence-corrected chi connectivity index (χ2v) is 3.45. The van der Waals surface area contributed by atoms with Crippen LogP contribution in [0.1, 0.15) is 5.56 Å². The van der Waals surface area contributed by atoms with Gasteiger partial charge < -0.3 is 0 Å². The third kappa shape index (κ3) is 1.82. The molecule has 0 atom stereocenters. The molecule has 0 bridgehead atoms. The molecule has 0 saturated heterocycles. The molecule has 2 rings (SSSR count). The molecule has 3 heteroatoms. The van der Waals surface area contributed by atoms with E-state index in [0.717, 1.165) is 16.6 Å². The maximum atomic E-state index is 4.35. The fourth-order valence-corrected chi connectivity index (χ4v) is 1.76. The second kappa shape index (κ2) is 4.33. The lowest BCUT2D eigenvalue weighted by atomic mass is 10.1. The Morgan fingerprint density at radius 2 is 2.00 bits per heavy atom. The number of pyridine rings is 2. The molecule has 70 valence electrons. The predicted octanol–water partition coefficient (Wildman–Crippen LogP) is 3.04. The van der Waals surface area contributed by atoms with Crippen LogP contribution in [0.2, 0.25) is 0 Å². The molecule has 2 aromatic rings. The summed E-state index contributed by atoms with van der Waals surface area (Å²) in [5, 5.41) is 0.811. The van der Waals surface area contributed by atoms with Crippen molar-refractivity contribution < 1.29 is 0 Å². The van der Waals surface area contributed by atoms with Gasteiger partial charge >= 0.3 is 0 Å². The molecule has 0 radical (unpaired) electrons. The lowest BCUT2D eigenvalue weighted by Crippen LogP contribution is -1.89. The topological polar surface area (TPSA) is 25.8 Å². The van der Waals surface area contributed by atoms with Crippen molar-refractivity contribution in [2.24, 2.45) is 0 Å². The number of nitrogens with zero attached hydrogens (tertiary/aromatic N) is 2. The van der Waals surface area contributed by atoms with Crippen molar-refractivity contribution in [1.29, 1.82) is 0 Å². The SMILES string of the molecule is BrCc1cccnc1-c1cccnc1. The van der Waals surface area contributed by atoms with Crippen molar-refractivity contribution in [2.75, 3.05) is 0 Å². The molecule has 2 nitrogen and oxygen atoms in total. The summed E-state index contributed by atoms with van der Waals surface area (Å²) in [6.07, 6.45) is 5.39. The molecule has 0 aliphatic heterocycles. The highest BCUT2D eigenvalue weighted by molar-refractivity contribution is 9.08. The highest BCUT2D eigenvalue weighted by atomic mass is 79.9. The van der Waals surface area contributed by atoms with E-state index < -0.39 is 0 Å².